The molecule has 1 atom stereocenters. The topological polar surface area (TPSA) is 50.9 Å². The van der Waals surface area contributed by atoms with Crippen LogP contribution in [0, 0.1) is 5.92 Å². The SMILES string of the molecule is CC(CCN)CNc1ccncc1Br. The molecule has 0 aliphatic rings. The summed E-state index contributed by atoms with van der Waals surface area (Å²) >= 11 is 3.44. The predicted molar refractivity (Wildman–Crippen MR) is 63.3 cm³/mol. The third-order valence-electron chi connectivity index (χ3n) is 2.07. The lowest BCUT2D eigenvalue weighted by atomic mass is 10.1. The van der Waals surface area contributed by atoms with E-state index < -0.39 is 0 Å². The van der Waals surface area contributed by atoms with Crippen molar-refractivity contribution in [3.05, 3.63) is 22.9 Å². The van der Waals surface area contributed by atoms with Gasteiger partial charge in [0, 0.05) is 18.9 Å². The molecule has 0 fully saturated rings. The lowest BCUT2D eigenvalue weighted by Crippen LogP contribution is -2.15. The van der Waals surface area contributed by atoms with Crippen LogP contribution in [0.2, 0.25) is 0 Å². The number of halogens is 1. The Morgan fingerprint density at radius 3 is 3.07 bits per heavy atom. The molecule has 1 aromatic rings. The fourth-order valence-corrected chi connectivity index (χ4v) is 1.58. The molecule has 1 heterocycles. The van der Waals surface area contributed by atoms with Crippen LogP contribution in [-0.4, -0.2) is 18.1 Å². The van der Waals surface area contributed by atoms with E-state index in [1.165, 1.54) is 0 Å². The smallest absolute Gasteiger partial charge is 0.0590 e. The molecule has 0 aliphatic heterocycles. The van der Waals surface area contributed by atoms with Crippen molar-refractivity contribution in [2.45, 2.75) is 13.3 Å². The maximum Gasteiger partial charge on any atom is 0.0590 e. The zero-order chi connectivity index (χ0) is 10.4. The van der Waals surface area contributed by atoms with Gasteiger partial charge in [-0.25, -0.2) is 0 Å². The van der Waals surface area contributed by atoms with E-state index in [1.54, 1.807) is 12.4 Å². The van der Waals surface area contributed by atoms with E-state index in [2.05, 4.69) is 33.2 Å². The molecule has 0 saturated carbocycles. The van der Waals surface area contributed by atoms with Gasteiger partial charge in [-0.1, -0.05) is 6.92 Å². The molecule has 3 N–H and O–H groups in total. The fourth-order valence-electron chi connectivity index (χ4n) is 1.19. The Balaban J connectivity index is 2.41. The standard InChI is InChI=1S/C10H16BrN3/c1-8(2-4-12)6-14-10-3-5-13-7-9(10)11/h3,5,7-8H,2,4,6,12H2,1H3,(H,13,14). The van der Waals surface area contributed by atoms with Gasteiger partial charge in [-0.15, -0.1) is 0 Å². The van der Waals surface area contributed by atoms with E-state index in [4.69, 9.17) is 5.73 Å². The fraction of sp³-hybridized carbons (Fsp3) is 0.500. The van der Waals surface area contributed by atoms with Gasteiger partial charge in [0.25, 0.3) is 0 Å². The minimum Gasteiger partial charge on any atom is -0.384 e. The number of nitrogens with zero attached hydrogens (tertiary/aromatic N) is 1. The maximum absolute atomic E-state index is 5.48. The molecular formula is C10H16BrN3. The first-order valence-corrected chi connectivity index (χ1v) is 5.56. The molecular weight excluding hydrogens is 242 g/mol. The molecule has 0 bridgehead atoms. The molecule has 1 unspecified atom stereocenters. The summed E-state index contributed by atoms with van der Waals surface area (Å²) < 4.78 is 1.000. The summed E-state index contributed by atoms with van der Waals surface area (Å²) in [4.78, 5) is 4.00. The average Bonchev–Trinajstić information content (AvgIpc) is 2.17. The van der Waals surface area contributed by atoms with Crippen LogP contribution < -0.4 is 11.1 Å². The summed E-state index contributed by atoms with van der Waals surface area (Å²) in [6.45, 7) is 3.88. The van der Waals surface area contributed by atoms with E-state index in [1.807, 2.05) is 6.07 Å². The van der Waals surface area contributed by atoms with Gasteiger partial charge in [-0.3, -0.25) is 4.98 Å². The van der Waals surface area contributed by atoms with Crippen molar-refractivity contribution >= 4 is 21.6 Å². The first-order chi connectivity index (χ1) is 6.74. The first kappa shape index (κ1) is 11.5. The van der Waals surface area contributed by atoms with Crippen LogP contribution in [0.4, 0.5) is 5.69 Å². The summed E-state index contributed by atoms with van der Waals surface area (Å²) in [6, 6.07) is 1.96. The molecule has 0 aromatic carbocycles. The molecule has 1 aromatic heterocycles. The normalized spacial score (nSPS) is 12.5. The van der Waals surface area contributed by atoms with Crippen LogP contribution in [-0.2, 0) is 0 Å². The molecule has 14 heavy (non-hydrogen) atoms. The zero-order valence-electron chi connectivity index (χ0n) is 8.33. The minimum atomic E-state index is 0.597. The highest BCUT2D eigenvalue weighted by Crippen LogP contribution is 2.20. The van der Waals surface area contributed by atoms with Crippen molar-refractivity contribution in [1.82, 2.24) is 4.98 Å². The molecule has 0 saturated heterocycles. The van der Waals surface area contributed by atoms with Crippen molar-refractivity contribution in [3.8, 4) is 0 Å². The van der Waals surface area contributed by atoms with E-state index in [9.17, 15) is 0 Å². The van der Waals surface area contributed by atoms with Crippen LogP contribution in [0.5, 0.6) is 0 Å². The molecule has 78 valence electrons. The summed E-state index contributed by atoms with van der Waals surface area (Å²) in [5, 5.41) is 3.36. The molecule has 0 radical (unpaired) electrons. The molecule has 4 heteroatoms. The van der Waals surface area contributed by atoms with E-state index in [0.29, 0.717) is 5.92 Å². The Morgan fingerprint density at radius 1 is 1.64 bits per heavy atom. The average molecular weight is 258 g/mol. The summed E-state index contributed by atoms with van der Waals surface area (Å²) in [5.41, 5.74) is 6.57. The van der Waals surface area contributed by atoms with Crippen LogP contribution in [0.3, 0.4) is 0 Å². The maximum atomic E-state index is 5.48. The number of hydrogen-bond acceptors (Lipinski definition) is 3. The minimum absolute atomic E-state index is 0.597. The number of nitrogens with one attached hydrogen (secondary N) is 1. The summed E-state index contributed by atoms with van der Waals surface area (Å²) in [7, 11) is 0. The lowest BCUT2D eigenvalue weighted by molar-refractivity contribution is 0.568. The number of pyridine rings is 1. The van der Waals surface area contributed by atoms with Crippen LogP contribution in [0.25, 0.3) is 0 Å². The van der Waals surface area contributed by atoms with Crippen LogP contribution in [0.1, 0.15) is 13.3 Å². The van der Waals surface area contributed by atoms with E-state index >= 15 is 0 Å². The molecule has 0 spiro atoms. The Kier molecular flexibility index (Phi) is 4.90. The van der Waals surface area contributed by atoms with Gasteiger partial charge in [0.2, 0.25) is 0 Å². The van der Waals surface area contributed by atoms with Gasteiger partial charge in [0.15, 0.2) is 0 Å². The Hall–Kier alpha value is -0.610. The third-order valence-corrected chi connectivity index (χ3v) is 2.70. The largest absolute Gasteiger partial charge is 0.384 e. The second-order valence-corrected chi connectivity index (χ2v) is 4.27. The number of rotatable bonds is 5. The van der Waals surface area contributed by atoms with Crippen molar-refractivity contribution in [3.63, 3.8) is 0 Å². The van der Waals surface area contributed by atoms with Gasteiger partial charge in [0.05, 0.1) is 10.2 Å². The Bertz CT molecular complexity index is 278. The van der Waals surface area contributed by atoms with E-state index in [-0.39, 0.29) is 0 Å². The molecule has 3 nitrogen and oxygen atoms in total. The van der Waals surface area contributed by atoms with Crippen molar-refractivity contribution < 1.29 is 0 Å². The van der Waals surface area contributed by atoms with E-state index in [0.717, 1.165) is 29.7 Å². The summed E-state index contributed by atoms with van der Waals surface area (Å²) in [6.07, 6.45) is 4.62. The van der Waals surface area contributed by atoms with Gasteiger partial charge >= 0.3 is 0 Å². The highest BCUT2D eigenvalue weighted by Gasteiger charge is 2.02. The van der Waals surface area contributed by atoms with Crippen molar-refractivity contribution in [1.29, 1.82) is 0 Å². The number of hydrogen-bond donors (Lipinski definition) is 2. The highest BCUT2D eigenvalue weighted by atomic mass is 79.9. The highest BCUT2D eigenvalue weighted by molar-refractivity contribution is 9.10. The Morgan fingerprint density at radius 2 is 2.43 bits per heavy atom. The first-order valence-electron chi connectivity index (χ1n) is 4.77. The third kappa shape index (κ3) is 3.64. The molecule has 0 amide bonds. The van der Waals surface area contributed by atoms with Gasteiger partial charge in [-0.05, 0) is 40.9 Å². The predicted octanol–water partition coefficient (Wildman–Crippen LogP) is 2.24. The van der Waals surface area contributed by atoms with Crippen molar-refractivity contribution in [2.24, 2.45) is 11.7 Å². The van der Waals surface area contributed by atoms with Crippen LogP contribution >= 0.6 is 15.9 Å². The molecule has 1 rings (SSSR count). The van der Waals surface area contributed by atoms with Crippen LogP contribution in [0.15, 0.2) is 22.9 Å². The quantitative estimate of drug-likeness (QED) is 0.851. The van der Waals surface area contributed by atoms with Gasteiger partial charge < -0.3 is 11.1 Å². The van der Waals surface area contributed by atoms with Crippen molar-refractivity contribution in [2.75, 3.05) is 18.4 Å². The monoisotopic (exact) mass is 257 g/mol. The number of nitrogens with two attached hydrogens (primary N) is 1. The molecule has 0 aliphatic carbocycles. The lowest BCUT2D eigenvalue weighted by Gasteiger charge is -2.13. The second kappa shape index (κ2) is 5.98. The summed E-state index contributed by atoms with van der Waals surface area (Å²) in [5.74, 6) is 0.597. The number of anilines is 1. The Labute approximate surface area is 93.2 Å². The van der Waals surface area contributed by atoms with Gasteiger partial charge in [-0.2, -0.15) is 0 Å². The zero-order valence-corrected chi connectivity index (χ0v) is 9.92. The second-order valence-electron chi connectivity index (χ2n) is 3.42. The van der Waals surface area contributed by atoms with Gasteiger partial charge in [0.1, 0.15) is 0 Å². The number of aromatic nitrogens is 1.